The zero-order chi connectivity index (χ0) is 12.4. The van der Waals surface area contributed by atoms with Crippen molar-refractivity contribution < 1.29 is 14.7 Å². The fourth-order valence-electron chi connectivity index (χ4n) is 1.64. The van der Waals surface area contributed by atoms with Gasteiger partial charge in [-0.05, 0) is 26.2 Å². The van der Waals surface area contributed by atoms with Gasteiger partial charge in [-0.3, -0.25) is 10.1 Å². The molecule has 0 saturated carbocycles. The standard InChI is InChI=1S/C10H13N3O3S/c1-5(8(14)15)11-9(16)13-10-12-6-3-2-4-7(6)17-10/h5H,2-4H2,1H3,(H,14,15)(H2,11,12,13,16). The molecule has 17 heavy (non-hydrogen) atoms. The maximum absolute atomic E-state index is 11.4. The Kier molecular flexibility index (Phi) is 3.28. The molecule has 0 spiro atoms. The van der Waals surface area contributed by atoms with Crippen molar-refractivity contribution in [2.45, 2.75) is 32.2 Å². The van der Waals surface area contributed by atoms with Gasteiger partial charge >= 0.3 is 12.0 Å². The predicted molar refractivity (Wildman–Crippen MR) is 63.4 cm³/mol. The summed E-state index contributed by atoms with van der Waals surface area (Å²) in [5.41, 5.74) is 1.05. The molecule has 1 aliphatic carbocycles. The number of aromatic nitrogens is 1. The van der Waals surface area contributed by atoms with Gasteiger partial charge in [-0.2, -0.15) is 0 Å². The molecule has 7 heteroatoms. The quantitative estimate of drug-likeness (QED) is 0.757. The maximum atomic E-state index is 11.4. The Hall–Kier alpha value is -1.63. The molecule has 2 rings (SSSR count). The number of anilines is 1. The van der Waals surface area contributed by atoms with Gasteiger partial charge in [-0.15, -0.1) is 11.3 Å². The van der Waals surface area contributed by atoms with Gasteiger partial charge in [0, 0.05) is 4.88 Å². The summed E-state index contributed by atoms with van der Waals surface area (Å²) in [5.74, 6) is -1.07. The first-order valence-corrected chi connectivity index (χ1v) is 6.17. The van der Waals surface area contributed by atoms with Crippen molar-refractivity contribution in [1.82, 2.24) is 10.3 Å². The molecule has 0 aliphatic heterocycles. The van der Waals surface area contributed by atoms with E-state index in [1.165, 1.54) is 23.1 Å². The van der Waals surface area contributed by atoms with Crippen LogP contribution in [-0.2, 0) is 17.6 Å². The summed E-state index contributed by atoms with van der Waals surface area (Å²) < 4.78 is 0. The third-order valence-electron chi connectivity index (χ3n) is 2.53. The molecule has 0 saturated heterocycles. The molecule has 1 aliphatic rings. The second-order valence-electron chi connectivity index (χ2n) is 3.90. The zero-order valence-corrected chi connectivity index (χ0v) is 10.1. The number of hydrogen-bond acceptors (Lipinski definition) is 4. The van der Waals surface area contributed by atoms with E-state index in [-0.39, 0.29) is 0 Å². The lowest BCUT2D eigenvalue weighted by molar-refractivity contribution is -0.138. The lowest BCUT2D eigenvalue weighted by atomic mass is 10.3. The Morgan fingerprint density at radius 3 is 2.88 bits per heavy atom. The van der Waals surface area contributed by atoms with E-state index in [4.69, 9.17) is 5.11 Å². The largest absolute Gasteiger partial charge is 0.480 e. The Morgan fingerprint density at radius 1 is 1.47 bits per heavy atom. The Morgan fingerprint density at radius 2 is 2.24 bits per heavy atom. The number of carbonyl (C=O) groups excluding carboxylic acids is 1. The number of thiazole rings is 1. The minimum Gasteiger partial charge on any atom is -0.480 e. The minimum absolute atomic E-state index is 0.532. The van der Waals surface area contributed by atoms with Crippen LogP contribution in [0.25, 0.3) is 0 Å². The molecule has 1 heterocycles. The summed E-state index contributed by atoms with van der Waals surface area (Å²) in [6, 6.07) is -1.45. The van der Waals surface area contributed by atoms with E-state index in [9.17, 15) is 9.59 Å². The highest BCUT2D eigenvalue weighted by molar-refractivity contribution is 7.15. The van der Waals surface area contributed by atoms with Crippen LogP contribution in [0, 0.1) is 0 Å². The third-order valence-corrected chi connectivity index (χ3v) is 3.61. The maximum Gasteiger partial charge on any atom is 0.325 e. The van der Waals surface area contributed by atoms with Gasteiger partial charge in [0.25, 0.3) is 0 Å². The first kappa shape index (κ1) is 11.8. The highest BCUT2D eigenvalue weighted by atomic mass is 32.1. The van der Waals surface area contributed by atoms with Crippen molar-refractivity contribution in [3.05, 3.63) is 10.6 Å². The number of amides is 2. The molecule has 3 N–H and O–H groups in total. The van der Waals surface area contributed by atoms with Crippen LogP contribution < -0.4 is 10.6 Å². The van der Waals surface area contributed by atoms with Crippen molar-refractivity contribution in [1.29, 1.82) is 0 Å². The smallest absolute Gasteiger partial charge is 0.325 e. The summed E-state index contributed by atoms with van der Waals surface area (Å²) in [7, 11) is 0. The van der Waals surface area contributed by atoms with Crippen LogP contribution >= 0.6 is 11.3 Å². The number of fused-ring (bicyclic) bond motifs is 1. The molecule has 2 amide bonds. The Bertz CT molecular complexity index is 436. The Labute approximate surface area is 102 Å². The van der Waals surface area contributed by atoms with Gasteiger partial charge in [-0.25, -0.2) is 9.78 Å². The molecule has 0 radical (unpaired) electrons. The van der Waals surface area contributed by atoms with Gasteiger partial charge in [-0.1, -0.05) is 0 Å². The summed E-state index contributed by atoms with van der Waals surface area (Å²) in [6.45, 7) is 1.41. The topological polar surface area (TPSA) is 91.3 Å². The second-order valence-corrected chi connectivity index (χ2v) is 4.98. The number of nitrogens with zero attached hydrogens (tertiary/aromatic N) is 1. The third kappa shape index (κ3) is 2.73. The SMILES string of the molecule is CC(NC(=O)Nc1nc2c(s1)CCC2)C(=O)O. The Balaban J connectivity index is 1.92. The van der Waals surface area contributed by atoms with Crippen LogP contribution in [-0.4, -0.2) is 28.1 Å². The molecule has 0 bridgehead atoms. The van der Waals surface area contributed by atoms with E-state index in [0.717, 1.165) is 25.0 Å². The average molecular weight is 255 g/mol. The molecule has 0 aromatic carbocycles. The average Bonchev–Trinajstić information content (AvgIpc) is 2.76. The van der Waals surface area contributed by atoms with Crippen molar-refractivity contribution >= 4 is 28.5 Å². The lowest BCUT2D eigenvalue weighted by Gasteiger charge is -2.08. The van der Waals surface area contributed by atoms with E-state index < -0.39 is 18.0 Å². The monoisotopic (exact) mass is 255 g/mol. The minimum atomic E-state index is -1.07. The molecule has 0 fully saturated rings. The van der Waals surface area contributed by atoms with Crippen LogP contribution in [0.1, 0.15) is 23.9 Å². The normalized spacial score (nSPS) is 15.1. The van der Waals surface area contributed by atoms with Crippen LogP contribution in [0.3, 0.4) is 0 Å². The number of carbonyl (C=O) groups is 2. The number of rotatable bonds is 3. The zero-order valence-electron chi connectivity index (χ0n) is 9.32. The lowest BCUT2D eigenvalue weighted by Crippen LogP contribution is -2.40. The number of aliphatic carboxylic acids is 1. The first-order valence-electron chi connectivity index (χ1n) is 5.35. The van der Waals surface area contributed by atoms with Crippen LogP contribution in [0.4, 0.5) is 9.93 Å². The molecule has 92 valence electrons. The second kappa shape index (κ2) is 4.70. The van der Waals surface area contributed by atoms with Crippen molar-refractivity contribution in [3.63, 3.8) is 0 Å². The number of carboxylic acid groups (broad SMARTS) is 1. The summed E-state index contributed by atoms with van der Waals surface area (Å²) in [6.07, 6.45) is 3.10. The molecule has 1 atom stereocenters. The van der Waals surface area contributed by atoms with E-state index in [1.54, 1.807) is 0 Å². The predicted octanol–water partition coefficient (Wildman–Crippen LogP) is 1.23. The summed E-state index contributed by atoms with van der Waals surface area (Å²) in [4.78, 5) is 27.5. The van der Waals surface area contributed by atoms with Crippen molar-refractivity contribution in [2.24, 2.45) is 0 Å². The molecular weight excluding hydrogens is 242 g/mol. The van der Waals surface area contributed by atoms with E-state index in [2.05, 4.69) is 15.6 Å². The van der Waals surface area contributed by atoms with Crippen LogP contribution in [0.2, 0.25) is 0 Å². The molecule has 1 aromatic rings. The fourth-order valence-corrected chi connectivity index (χ4v) is 2.68. The first-order chi connectivity index (χ1) is 8.06. The van der Waals surface area contributed by atoms with Crippen LogP contribution in [0.5, 0.6) is 0 Å². The van der Waals surface area contributed by atoms with Crippen molar-refractivity contribution in [3.8, 4) is 0 Å². The van der Waals surface area contributed by atoms with Gasteiger partial charge in [0.2, 0.25) is 0 Å². The van der Waals surface area contributed by atoms with E-state index in [1.807, 2.05) is 0 Å². The molecule has 6 nitrogen and oxygen atoms in total. The van der Waals surface area contributed by atoms with Gasteiger partial charge in [0.15, 0.2) is 5.13 Å². The molecule has 1 unspecified atom stereocenters. The van der Waals surface area contributed by atoms with Gasteiger partial charge in [0.05, 0.1) is 5.69 Å². The van der Waals surface area contributed by atoms with Crippen LogP contribution in [0.15, 0.2) is 0 Å². The summed E-state index contributed by atoms with van der Waals surface area (Å²) >= 11 is 1.46. The number of hydrogen-bond donors (Lipinski definition) is 3. The fraction of sp³-hybridized carbons (Fsp3) is 0.500. The van der Waals surface area contributed by atoms with E-state index >= 15 is 0 Å². The molecule has 1 aromatic heterocycles. The number of carboxylic acids is 1. The highest BCUT2D eigenvalue weighted by Gasteiger charge is 2.19. The number of nitrogens with one attached hydrogen (secondary N) is 2. The van der Waals surface area contributed by atoms with E-state index in [0.29, 0.717) is 5.13 Å². The highest BCUT2D eigenvalue weighted by Crippen LogP contribution is 2.30. The number of aryl methyl sites for hydroxylation is 2. The summed E-state index contributed by atoms with van der Waals surface area (Å²) in [5, 5.41) is 14.0. The number of urea groups is 1. The van der Waals surface area contributed by atoms with Gasteiger partial charge < -0.3 is 10.4 Å². The molecular formula is C10H13N3O3S. The van der Waals surface area contributed by atoms with Crippen molar-refractivity contribution in [2.75, 3.05) is 5.32 Å². The van der Waals surface area contributed by atoms with Gasteiger partial charge in [0.1, 0.15) is 6.04 Å².